The zero-order valence-corrected chi connectivity index (χ0v) is 44.0. The van der Waals surface area contributed by atoms with Crippen LogP contribution in [0.4, 0.5) is 0 Å². The summed E-state index contributed by atoms with van der Waals surface area (Å²) in [5.74, 6) is 0. The van der Waals surface area contributed by atoms with Gasteiger partial charge in [-0.2, -0.15) is 0 Å². The summed E-state index contributed by atoms with van der Waals surface area (Å²) in [5.41, 5.74) is 0. The normalized spacial score (nSPS) is 12.1. The molecular weight excluding hydrogens is 758 g/mol. The lowest BCUT2D eigenvalue weighted by molar-refractivity contribution is -0.910. The lowest BCUT2D eigenvalue weighted by Crippen LogP contribution is -3.00. The summed E-state index contributed by atoms with van der Waals surface area (Å²) < 4.78 is 1.35. The van der Waals surface area contributed by atoms with Gasteiger partial charge in [-0.15, -0.1) is 0 Å². The second-order valence-electron chi connectivity index (χ2n) is 20.4. The largest absolute Gasteiger partial charge is 1.00 e. The van der Waals surface area contributed by atoms with Crippen molar-refractivity contribution in [3.05, 3.63) is 24.3 Å². The lowest BCUT2D eigenvalue weighted by atomic mass is 10.0. The summed E-state index contributed by atoms with van der Waals surface area (Å²) in [7, 11) is 2.63. The smallest absolute Gasteiger partial charge is 0.0784 e. The monoisotopic (exact) mass is 876 g/mol. The molecule has 0 heterocycles. The molecule has 0 spiro atoms. The van der Waals surface area contributed by atoms with Crippen LogP contribution in [0.25, 0.3) is 0 Å². The molecule has 0 aliphatic rings. The zero-order chi connectivity index (χ0) is 43.4. The van der Waals surface area contributed by atoms with Gasteiger partial charge < -0.3 is 16.9 Å². The first kappa shape index (κ1) is 62.8. The quantitative estimate of drug-likeness (QED) is 0.0324. The predicted octanol–water partition coefficient (Wildman–Crippen LogP) is 18.3. The van der Waals surface area contributed by atoms with Crippen molar-refractivity contribution in [2.24, 2.45) is 0 Å². The highest BCUT2D eigenvalue weighted by molar-refractivity contribution is 4.82. The Kier molecular flexibility index (Phi) is 57.5. The molecule has 0 saturated carbocycles. The van der Waals surface area contributed by atoms with Gasteiger partial charge in [-0.25, -0.2) is 0 Å². The molecule has 0 radical (unpaired) electrons. The summed E-state index contributed by atoms with van der Waals surface area (Å²) in [5, 5.41) is 0. The summed E-state index contributed by atoms with van der Waals surface area (Å²) in [4.78, 5) is 0. The van der Waals surface area contributed by atoms with E-state index in [4.69, 9.17) is 0 Å². The Balaban J connectivity index is 0. The maximum absolute atomic E-state index is 2.63. The first-order valence-corrected chi connectivity index (χ1v) is 28.8. The van der Waals surface area contributed by atoms with Crippen LogP contribution in [-0.2, 0) is 0 Å². The number of hydrogen-bond acceptors (Lipinski definition) is 0. The highest BCUT2D eigenvalue weighted by Crippen LogP contribution is 2.19. The van der Waals surface area contributed by atoms with Gasteiger partial charge in [-0.1, -0.05) is 263 Å². The van der Waals surface area contributed by atoms with Gasteiger partial charge in [0.1, 0.15) is 0 Å². The summed E-state index contributed by atoms with van der Waals surface area (Å²) >= 11 is 0. The molecule has 0 amide bonds. The standard InChI is InChI=1S/C59H118N.ClH/c1-5-8-11-14-17-20-23-26-29-32-33-34-35-38-41-44-47-50-53-56-59-60(4,57-54-51-48-45-42-39-36-30-27-24-21-18-15-12-9-6-2)58-55-52-49-46-43-40-37-31-28-25-22-19-16-13-10-7-3;/h27-28,30-31H,5-26,29,32-59H2,1-4H3;1H/q+1;/p-1/b30-27-,31-28-;. The van der Waals surface area contributed by atoms with E-state index in [1.807, 2.05) is 0 Å². The van der Waals surface area contributed by atoms with Crippen molar-refractivity contribution in [3.63, 3.8) is 0 Å². The van der Waals surface area contributed by atoms with Crippen molar-refractivity contribution >= 4 is 0 Å². The van der Waals surface area contributed by atoms with Gasteiger partial charge in [-0.3, -0.25) is 0 Å². The van der Waals surface area contributed by atoms with Crippen LogP contribution in [0.5, 0.6) is 0 Å². The van der Waals surface area contributed by atoms with Crippen LogP contribution in [0.3, 0.4) is 0 Å². The van der Waals surface area contributed by atoms with E-state index in [9.17, 15) is 0 Å². The van der Waals surface area contributed by atoms with Crippen LogP contribution in [0.1, 0.15) is 329 Å². The molecule has 366 valence electrons. The van der Waals surface area contributed by atoms with Crippen LogP contribution < -0.4 is 12.4 Å². The molecule has 0 fully saturated rings. The second-order valence-corrected chi connectivity index (χ2v) is 20.4. The summed E-state index contributed by atoms with van der Waals surface area (Å²) in [6.45, 7) is 11.2. The third-order valence-corrected chi connectivity index (χ3v) is 14.0. The average molecular weight is 877 g/mol. The van der Waals surface area contributed by atoms with Crippen molar-refractivity contribution in [2.45, 2.75) is 329 Å². The van der Waals surface area contributed by atoms with Gasteiger partial charge in [0, 0.05) is 0 Å². The number of nitrogens with zero attached hydrogens (tertiary/aromatic N) is 1. The molecule has 0 aromatic rings. The molecule has 0 N–H and O–H groups in total. The predicted molar refractivity (Wildman–Crippen MR) is 278 cm³/mol. The molecule has 0 aromatic heterocycles. The number of unbranched alkanes of at least 4 members (excludes halogenated alkanes) is 43. The van der Waals surface area contributed by atoms with Crippen LogP contribution in [0.2, 0.25) is 0 Å². The minimum Gasteiger partial charge on any atom is -1.00 e. The van der Waals surface area contributed by atoms with E-state index in [2.05, 4.69) is 52.1 Å². The van der Waals surface area contributed by atoms with Gasteiger partial charge in [0.25, 0.3) is 0 Å². The Morgan fingerprint density at radius 1 is 0.213 bits per heavy atom. The fourth-order valence-corrected chi connectivity index (χ4v) is 9.57. The first-order chi connectivity index (χ1) is 29.7. The Morgan fingerprint density at radius 2 is 0.361 bits per heavy atom. The number of quaternary nitrogens is 1. The molecule has 1 nitrogen and oxygen atoms in total. The van der Waals surface area contributed by atoms with E-state index >= 15 is 0 Å². The van der Waals surface area contributed by atoms with Crippen LogP contribution in [-0.4, -0.2) is 31.2 Å². The van der Waals surface area contributed by atoms with Crippen molar-refractivity contribution < 1.29 is 16.9 Å². The van der Waals surface area contributed by atoms with Crippen LogP contribution >= 0.6 is 0 Å². The van der Waals surface area contributed by atoms with E-state index < -0.39 is 0 Å². The minimum absolute atomic E-state index is 0. The molecular formula is C59H118ClN. The van der Waals surface area contributed by atoms with Crippen LogP contribution in [0.15, 0.2) is 24.3 Å². The van der Waals surface area contributed by atoms with E-state index in [0.717, 1.165) is 0 Å². The van der Waals surface area contributed by atoms with Gasteiger partial charge >= 0.3 is 0 Å². The maximum Gasteiger partial charge on any atom is 0.0784 e. The van der Waals surface area contributed by atoms with E-state index in [-0.39, 0.29) is 12.4 Å². The summed E-state index contributed by atoms with van der Waals surface area (Å²) in [6.07, 6.45) is 78.8. The highest BCUT2D eigenvalue weighted by Gasteiger charge is 2.20. The molecule has 0 aliphatic carbocycles. The van der Waals surface area contributed by atoms with E-state index in [1.165, 1.54) is 332 Å². The van der Waals surface area contributed by atoms with Gasteiger partial charge in [0.05, 0.1) is 26.7 Å². The fourth-order valence-electron chi connectivity index (χ4n) is 9.57. The van der Waals surface area contributed by atoms with Crippen molar-refractivity contribution in [2.75, 3.05) is 26.7 Å². The second kappa shape index (κ2) is 55.9. The molecule has 0 aliphatic heterocycles. The number of rotatable bonds is 53. The Labute approximate surface area is 395 Å². The number of halogens is 1. The maximum atomic E-state index is 2.63. The SMILES string of the molecule is CCCCCCCC/C=C\CCCCCCCC[N+](C)(CCCCCCCC/C=C\CCCCCCCC)CCCCCCCCCCCCCCCCCCCCCC.[Cl-]. The number of hydrogen-bond donors (Lipinski definition) is 0. The molecule has 0 unspecified atom stereocenters. The molecule has 0 rings (SSSR count). The topological polar surface area (TPSA) is 0 Å². The fraction of sp³-hybridized carbons (Fsp3) is 0.932. The molecule has 61 heavy (non-hydrogen) atoms. The lowest BCUT2D eigenvalue weighted by Gasteiger charge is -2.35. The van der Waals surface area contributed by atoms with Crippen molar-refractivity contribution in [3.8, 4) is 0 Å². The number of allylic oxidation sites excluding steroid dienone is 4. The zero-order valence-electron chi connectivity index (χ0n) is 43.2. The third-order valence-electron chi connectivity index (χ3n) is 14.0. The van der Waals surface area contributed by atoms with Gasteiger partial charge in [0.2, 0.25) is 0 Å². The van der Waals surface area contributed by atoms with Crippen molar-refractivity contribution in [1.29, 1.82) is 0 Å². The molecule has 2 heteroatoms. The first-order valence-electron chi connectivity index (χ1n) is 28.8. The molecule has 0 aromatic carbocycles. The average Bonchev–Trinajstić information content (AvgIpc) is 3.25. The minimum atomic E-state index is 0. The third kappa shape index (κ3) is 54.0. The Hall–Kier alpha value is -0.270. The molecule has 0 atom stereocenters. The van der Waals surface area contributed by atoms with E-state index in [1.54, 1.807) is 0 Å². The van der Waals surface area contributed by atoms with Gasteiger partial charge in [0.15, 0.2) is 0 Å². The Bertz CT molecular complexity index is 776. The highest BCUT2D eigenvalue weighted by atomic mass is 35.5. The Morgan fingerprint density at radius 3 is 0.541 bits per heavy atom. The van der Waals surface area contributed by atoms with Gasteiger partial charge in [-0.05, 0) is 89.9 Å². The summed E-state index contributed by atoms with van der Waals surface area (Å²) in [6, 6.07) is 0. The molecule has 0 saturated heterocycles. The van der Waals surface area contributed by atoms with Crippen LogP contribution in [0, 0.1) is 0 Å². The van der Waals surface area contributed by atoms with E-state index in [0.29, 0.717) is 0 Å². The van der Waals surface area contributed by atoms with Crippen molar-refractivity contribution in [1.82, 2.24) is 0 Å². The molecule has 0 bridgehead atoms.